The lowest BCUT2D eigenvalue weighted by atomic mass is 9.94. The molecule has 11 rings (SSSR count). The van der Waals surface area contributed by atoms with Gasteiger partial charge in [0, 0.05) is 44.7 Å². The fraction of sp³-hybridized carbons (Fsp3) is 0. The zero-order valence-corrected chi connectivity index (χ0v) is 28.7. The summed E-state index contributed by atoms with van der Waals surface area (Å²) in [6, 6.07) is 66.9. The topological polar surface area (TPSA) is 29.5 Å². The summed E-state index contributed by atoms with van der Waals surface area (Å²) in [6.07, 6.45) is 0. The van der Waals surface area contributed by atoms with E-state index in [0.29, 0.717) is 0 Å². The molecule has 0 fully saturated rings. The monoisotopic (exact) mass is 677 g/mol. The van der Waals surface area contributed by atoms with Crippen LogP contribution < -0.4 is 4.90 Å². The van der Waals surface area contributed by atoms with Crippen LogP contribution in [0.1, 0.15) is 0 Å². The van der Waals surface area contributed by atoms with E-state index >= 15 is 0 Å². The van der Waals surface area contributed by atoms with E-state index in [2.05, 4.69) is 175 Å². The number of benzene rings is 9. The first-order chi connectivity index (χ1) is 26.2. The second-order valence-electron chi connectivity index (χ2n) is 13.7. The predicted octanol–water partition coefficient (Wildman–Crippen LogP) is 14.6. The molecule has 0 amide bonds. The van der Waals surface area contributed by atoms with Gasteiger partial charge in [-0.15, -0.1) is 0 Å². The summed E-state index contributed by atoms with van der Waals surface area (Å²) in [6.45, 7) is 0. The van der Waals surface area contributed by atoms with Gasteiger partial charge in [0.2, 0.25) is 0 Å². The van der Waals surface area contributed by atoms with E-state index in [9.17, 15) is 0 Å². The van der Waals surface area contributed by atoms with Gasteiger partial charge in [0.25, 0.3) is 0 Å². The van der Waals surface area contributed by atoms with Crippen LogP contribution in [0, 0.1) is 0 Å². The molecule has 0 spiro atoms. The van der Waals surface area contributed by atoms with Gasteiger partial charge in [-0.25, -0.2) is 0 Å². The van der Waals surface area contributed by atoms with Crippen molar-refractivity contribution in [1.29, 1.82) is 0 Å². The molecule has 11 aromatic rings. The molecular formula is C50H31NO2. The Morgan fingerprint density at radius 1 is 0.302 bits per heavy atom. The van der Waals surface area contributed by atoms with Crippen molar-refractivity contribution in [3.05, 3.63) is 188 Å². The average molecular weight is 678 g/mol. The van der Waals surface area contributed by atoms with E-state index in [4.69, 9.17) is 8.83 Å². The fourth-order valence-corrected chi connectivity index (χ4v) is 8.09. The molecule has 0 bridgehead atoms. The first kappa shape index (κ1) is 29.6. The van der Waals surface area contributed by atoms with E-state index in [1.165, 1.54) is 21.9 Å². The van der Waals surface area contributed by atoms with Crippen LogP contribution in [-0.2, 0) is 0 Å². The average Bonchev–Trinajstić information content (AvgIpc) is 3.79. The van der Waals surface area contributed by atoms with Gasteiger partial charge in [-0.3, -0.25) is 0 Å². The van der Waals surface area contributed by atoms with Gasteiger partial charge in [-0.1, -0.05) is 121 Å². The highest BCUT2D eigenvalue weighted by atomic mass is 16.3. The number of hydrogen-bond acceptors (Lipinski definition) is 3. The molecule has 9 aromatic carbocycles. The molecular weight excluding hydrogens is 647 g/mol. The lowest BCUT2D eigenvalue weighted by molar-refractivity contribution is 0.668. The van der Waals surface area contributed by atoms with Crippen molar-refractivity contribution in [2.45, 2.75) is 0 Å². The highest BCUT2D eigenvalue weighted by Gasteiger charge is 2.20. The smallest absolute Gasteiger partial charge is 0.137 e. The zero-order valence-electron chi connectivity index (χ0n) is 28.7. The standard InChI is InChI=1S/C50H31NO2/c1-2-11-34(12-3-1)44-31-49-50(43-15-7-9-17-47(43)53-49)42-27-25-38(29-45(42)44)51(39-24-26-41-40-14-6-8-16-46(40)52-48(41)30-39)37-22-20-33(21-23-37)36-19-18-32-10-4-5-13-35(32)28-36/h1-31H. The Kier molecular flexibility index (Phi) is 6.55. The molecule has 0 aliphatic carbocycles. The normalized spacial score (nSPS) is 11.8. The maximum absolute atomic E-state index is 6.46. The molecule has 0 aliphatic rings. The van der Waals surface area contributed by atoms with Crippen LogP contribution in [0.4, 0.5) is 17.1 Å². The SMILES string of the molecule is c1ccc(-c2cc3oc4ccccc4c3c3ccc(N(c4ccc(-c5ccc6ccccc6c5)cc4)c4ccc5c(c4)oc4ccccc45)cc23)cc1. The second kappa shape index (κ2) is 11.7. The third-order valence-corrected chi connectivity index (χ3v) is 10.6. The number of fused-ring (bicyclic) bond motifs is 9. The third kappa shape index (κ3) is 4.82. The molecule has 0 aliphatic heterocycles. The summed E-state index contributed by atoms with van der Waals surface area (Å²) in [7, 11) is 0. The zero-order chi connectivity index (χ0) is 34.9. The molecule has 53 heavy (non-hydrogen) atoms. The molecule has 0 N–H and O–H groups in total. The Bertz CT molecular complexity index is 3170. The van der Waals surface area contributed by atoms with Gasteiger partial charge in [0.15, 0.2) is 0 Å². The van der Waals surface area contributed by atoms with Crippen molar-refractivity contribution in [2.24, 2.45) is 0 Å². The van der Waals surface area contributed by atoms with Gasteiger partial charge < -0.3 is 13.7 Å². The second-order valence-corrected chi connectivity index (χ2v) is 13.7. The molecule has 0 radical (unpaired) electrons. The number of para-hydroxylation sites is 2. The summed E-state index contributed by atoms with van der Waals surface area (Å²) in [5, 5.41) is 9.29. The van der Waals surface area contributed by atoms with Crippen molar-refractivity contribution in [1.82, 2.24) is 0 Å². The van der Waals surface area contributed by atoms with Crippen LogP contribution in [0.25, 0.3) is 87.7 Å². The van der Waals surface area contributed by atoms with E-state index in [0.717, 1.165) is 82.8 Å². The largest absolute Gasteiger partial charge is 0.456 e. The Morgan fingerprint density at radius 2 is 0.906 bits per heavy atom. The first-order valence-corrected chi connectivity index (χ1v) is 18.0. The number of rotatable bonds is 5. The summed E-state index contributed by atoms with van der Waals surface area (Å²) in [4.78, 5) is 2.34. The molecule has 0 saturated carbocycles. The van der Waals surface area contributed by atoms with Crippen molar-refractivity contribution in [2.75, 3.05) is 4.90 Å². The maximum Gasteiger partial charge on any atom is 0.137 e. The van der Waals surface area contributed by atoms with Crippen LogP contribution in [-0.4, -0.2) is 0 Å². The molecule has 3 heteroatoms. The number of anilines is 3. The number of furan rings is 2. The summed E-state index contributed by atoms with van der Waals surface area (Å²) in [5.74, 6) is 0. The van der Waals surface area contributed by atoms with Gasteiger partial charge in [0.1, 0.15) is 22.3 Å². The van der Waals surface area contributed by atoms with E-state index in [1.54, 1.807) is 0 Å². The fourth-order valence-electron chi connectivity index (χ4n) is 8.09. The van der Waals surface area contributed by atoms with Crippen LogP contribution in [0.5, 0.6) is 0 Å². The van der Waals surface area contributed by atoms with Crippen LogP contribution in [0.15, 0.2) is 197 Å². The Balaban J connectivity index is 1.13. The molecule has 3 nitrogen and oxygen atoms in total. The summed E-state index contributed by atoms with van der Waals surface area (Å²) in [5.41, 5.74) is 11.3. The molecule has 0 unspecified atom stereocenters. The maximum atomic E-state index is 6.46. The van der Waals surface area contributed by atoms with Crippen LogP contribution in [0.3, 0.4) is 0 Å². The van der Waals surface area contributed by atoms with E-state index < -0.39 is 0 Å². The minimum atomic E-state index is 0.860. The summed E-state index contributed by atoms with van der Waals surface area (Å²) >= 11 is 0. The molecule has 0 saturated heterocycles. The van der Waals surface area contributed by atoms with Crippen molar-refractivity contribution in [3.8, 4) is 22.3 Å². The van der Waals surface area contributed by atoms with Gasteiger partial charge in [0.05, 0.1) is 0 Å². The molecule has 2 aromatic heterocycles. The van der Waals surface area contributed by atoms with E-state index in [1.807, 2.05) is 18.2 Å². The highest BCUT2D eigenvalue weighted by Crippen LogP contribution is 2.44. The van der Waals surface area contributed by atoms with Crippen molar-refractivity contribution >= 4 is 82.5 Å². The lowest BCUT2D eigenvalue weighted by Crippen LogP contribution is -2.10. The molecule has 0 atom stereocenters. The van der Waals surface area contributed by atoms with Gasteiger partial charge in [-0.2, -0.15) is 0 Å². The first-order valence-electron chi connectivity index (χ1n) is 18.0. The van der Waals surface area contributed by atoms with Crippen LogP contribution in [0.2, 0.25) is 0 Å². The van der Waals surface area contributed by atoms with Crippen LogP contribution >= 0.6 is 0 Å². The summed E-state index contributed by atoms with van der Waals surface area (Å²) < 4.78 is 12.9. The predicted molar refractivity (Wildman–Crippen MR) is 222 cm³/mol. The molecule has 2 heterocycles. The van der Waals surface area contributed by atoms with Crippen molar-refractivity contribution < 1.29 is 8.83 Å². The highest BCUT2D eigenvalue weighted by molar-refractivity contribution is 6.22. The van der Waals surface area contributed by atoms with E-state index in [-0.39, 0.29) is 0 Å². The number of nitrogens with zero attached hydrogens (tertiary/aromatic N) is 1. The Morgan fingerprint density at radius 3 is 1.74 bits per heavy atom. The Labute approximate surface area is 305 Å². The van der Waals surface area contributed by atoms with Crippen molar-refractivity contribution in [3.63, 3.8) is 0 Å². The Hall–Kier alpha value is -7.10. The van der Waals surface area contributed by atoms with Gasteiger partial charge in [-0.05, 0) is 104 Å². The quantitative estimate of drug-likeness (QED) is 0.182. The molecule has 248 valence electrons. The minimum Gasteiger partial charge on any atom is -0.456 e. The number of hydrogen-bond donors (Lipinski definition) is 0. The lowest BCUT2D eigenvalue weighted by Gasteiger charge is -2.26. The third-order valence-electron chi connectivity index (χ3n) is 10.6. The minimum absolute atomic E-state index is 0.860. The van der Waals surface area contributed by atoms with Gasteiger partial charge >= 0.3 is 0 Å².